The molecule has 0 bridgehead atoms. The Morgan fingerprint density at radius 3 is 2.21 bits per heavy atom. The molecule has 0 saturated heterocycles. The Morgan fingerprint density at radius 2 is 1.56 bits per heavy atom. The Morgan fingerprint density at radius 1 is 0.853 bits per heavy atom. The molecule has 1 saturated carbocycles. The fraction of sp³-hybridized carbons (Fsp3) is 0.357. The Balaban J connectivity index is 1.50. The van der Waals surface area contributed by atoms with E-state index < -0.39 is 18.2 Å². The molecule has 0 atom stereocenters. The fourth-order valence-electron chi connectivity index (χ4n) is 4.81. The molecule has 0 heterocycles. The monoisotopic (exact) mass is 472 g/mol. The summed E-state index contributed by atoms with van der Waals surface area (Å²) >= 11 is 0. The third kappa shape index (κ3) is 5.72. The molecule has 0 amide bonds. The van der Waals surface area contributed by atoms with E-state index >= 15 is 8.78 Å². The van der Waals surface area contributed by atoms with Crippen LogP contribution in [0.5, 0.6) is 17.2 Å². The van der Waals surface area contributed by atoms with Crippen LogP contribution in [0.2, 0.25) is 0 Å². The van der Waals surface area contributed by atoms with Crippen LogP contribution in [0.3, 0.4) is 0 Å². The number of hydrogen-bond donors (Lipinski definition) is 0. The normalized spacial score (nSPS) is 18.2. The Labute approximate surface area is 197 Å². The Kier molecular flexibility index (Phi) is 7.76. The van der Waals surface area contributed by atoms with Crippen molar-refractivity contribution in [2.24, 2.45) is 5.92 Å². The lowest BCUT2D eigenvalue weighted by Gasteiger charge is -2.28. The maximum Gasteiger partial charge on any atom is 0.387 e. The summed E-state index contributed by atoms with van der Waals surface area (Å²) in [6.07, 6.45) is 6.91. The molecule has 0 aliphatic heterocycles. The van der Waals surface area contributed by atoms with Gasteiger partial charge in [0.2, 0.25) is 0 Å². The van der Waals surface area contributed by atoms with Crippen molar-refractivity contribution in [2.45, 2.75) is 58.0 Å². The largest absolute Gasteiger partial charge is 0.454 e. The highest BCUT2D eigenvalue weighted by atomic mass is 19.3. The van der Waals surface area contributed by atoms with Crippen LogP contribution in [0.25, 0.3) is 11.1 Å². The molecule has 3 aromatic carbocycles. The van der Waals surface area contributed by atoms with Crippen LogP contribution in [-0.4, -0.2) is 6.61 Å². The number of hydrogen-bond acceptors (Lipinski definition) is 2. The average Bonchev–Trinajstić information content (AvgIpc) is 2.82. The zero-order valence-electron chi connectivity index (χ0n) is 19.1. The van der Waals surface area contributed by atoms with Crippen molar-refractivity contribution in [3.8, 4) is 28.4 Å². The summed E-state index contributed by atoms with van der Waals surface area (Å²) in [7, 11) is 0. The second-order valence-electron chi connectivity index (χ2n) is 8.82. The first-order valence-electron chi connectivity index (χ1n) is 11.8. The summed E-state index contributed by atoms with van der Waals surface area (Å²) in [5.74, 6) is 0.0887. The van der Waals surface area contributed by atoms with Gasteiger partial charge in [0.05, 0.1) is 0 Å². The predicted molar refractivity (Wildman–Crippen MR) is 125 cm³/mol. The predicted octanol–water partition coefficient (Wildman–Crippen LogP) is 9.10. The molecule has 4 rings (SSSR count). The van der Waals surface area contributed by atoms with E-state index in [1.54, 1.807) is 12.1 Å². The van der Waals surface area contributed by atoms with E-state index in [2.05, 4.69) is 11.7 Å². The third-order valence-electron chi connectivity index (χ3n) is 6.54. The quantitative estimate of drug-likeness (QED) is 0.304. The van der Waals surface area contributed by atoms with E-state index in [-0.39, 0.29) is 28.4 Å². The van der Waals surface area contributed by atoms with Crippen molar-refractivity contribution in [1.29, 1.82) is 0 Å². The maximum absolute atomic E-state index is 15.2. The summed E-state index contributed by atoms with van der Waals surface area (Å²) in [6.45, 7) is -0.723. The smallest absolute Gasteiger partial charge is 0.387 e. The van der Waals surface area contributed by atoms with Gasteiger partial charge in [0.1, 0.15) is 17.3 Å². The first-order chi connectivity index (χ1) is 16.4. The van der Waals surface area contributed by atoms with Gasteiger partial charge in [0, 0.05) is 11.1 Å². The highest BCUT2D eigenvalue weighted by Crippen LogP contribution is 2.39. The highest BCUT2D eigenvalue weighted by Gasteiger charge is 2.23. The molecule has 0 unspecified atom stereocenters. The van der Waals surface area contributed by atoms with Crippen molar-refractivity contribution in [3.05, 3.63) is 77.9 Å². The molecule has 1 aliphatic rings. The first kappa shape index (κ1) is 24.1. The topological polar surface area (TPSA) is 18.5 Å². The van der Waals surface area contributed by atoms with Gasteiger partial charge >= 0.3 is 6.61 Å². The van der Waals surface area contributed by atoms with Crippen LogP contribution in [-0.2, 0) is 0 Å². The first-order valence-corrected chi connectivity index (χ1v) is 11.8. The number of ether oxygens (including phenoxy) is 2. The van der Waals surface area contributed by atoms with Crippen LogP contribution in [0.15, 0.2) is 60.7 Å². The van der Waals surface area contributed by atoms with Gasteiger partial charge < -0.3 is 9.47 Å². The summed E-state index contributed by atoms with van der Waals surface area (Å²) < 4.78 is 64.8. The van der Waals surface area contributed by atoms with Crippen LogP contribution in [0.4, 0.5) is 17.6 Å². The minimum Gasteiger partial charge on any atom is -0.454 e. The maximum atomic E-state index is 15.2. The van der Waals surface area contributed by atoms with Crippen molar-refractivity contribution < 1.29 is 27.0 Å². The van der Waals surface area contributed by atoms with Gasteiger partial charge in [0.15, 0.2) is 11.6 Å². The summed E-state index contributed by atoms with van der Waals surface area (Å²) in [4.78, 5) is 0. The average molecular weight is 473 g/mol. The molecule has 1 fully saturated rings. The van der Waals surface area contributed by atoms with Gasteiger partial charge in [-0.2, -0.15) is 8.78 Å². The molecule has 34 heavy (non-hydrogen) atoms. The van der Waals surface area contributed by atoms with E-state index in [1.165, 1.54) is 68.1 Å². The van der Waals surface area contributed by atoms with Crippen LogP contribution < -0.4 is 9.47 Å². The lowest BCUT2D eigenvalue weighted by atomic mass is 9.77. The second-order valence-corrected chi connectivity index (χ2v) is 8.82. The SMILES string of the molecule is CCCC1CCC(c2ccc(-c3cccc(Oc4ccc(OC(F)F)cc4)c3F)c(F)c2)CC1. The Hall–Kier alpha value is -3.02. The molecule has 0 spiro atoms. The van der Waals surface area contributed by atoms with Crippen LogP contribution in [0, 0.1) is 17.6 Å². The standard InChI is InChI=1S/C28H28F4O2/c1-2-4-18-7-9-19(10-8-18)20-11-16-23(25(29)17-20)24-5-3-6-26(27(24)30)33-21-12-14-22(15-13-21)34-28(31)32/h3,5-6,11-19,28H,2,4,7-10H2,1H3. The highest BCUT2D eigenvalue weighted by molar-refractivity contribution is 5.67. The zero-order chi connectivity index (χ0) is 24.1. The van der Waals surface area contributed by atoms with Crippen molar-refractivity contribution in [3.63, 3.8) is 0 Å². The summed E-state index contributed by atoms with van der Waals surface area (Å²) in [5.41, 5.74) is 1.24. The zero-order valence-corrected chi connectivity index (χ0v) is 19.1. The summed E-state index contributed by atoms with van der Waals surface area (Å²) in [5, 5.41) is 0. The molecule has 0 radical (unpaired) electrons. The fourth-order valence-corrected chi connectivity index (χ4v) is 4.81. The molecule has 6 heteroatoms. The lowest BCUT2D eigenvalue weighted by Crippen LogP contribution is -2.13. The molecule has 0 N–H and O–H groups in total. The van der Waals surface area contributed by atoms with Crippen LogP contribution in [0.1, 0.15) is 56.9 Å². The summed E-state index contributed by atoms with van der Waals surface area (Å²) in [6, 6.07) is 15.0. The van der Waals surface area contributed by atoms with Gasteiger partial charge in [-0.25, -0.2) is 8.78 Å². The van der Waals surface area contributed by atoms with E-state index in [0.717, 1.165) is 24.3 Å². The van der Waals surface area contributed by atoms with Gasteiger partial charge in [0.25, 0.3) is 0 Å². The minimum atomic E-state index is -2.93. The van der Waals surface area contributed by atoms with Gasteiger partial charge in [-0.3, -0.25) is 0 Å². The third-order valence-corrected chi connectivity index (χ3v) is 6.54. The van der Waals surface area contributed by atoms with Crippen molar-refractivity contribution >= 4 is 0 Å². The Bertz CT molecular complexity index is 1090. The van der Waals surface area contributed by atoms with Gasteiger partial charge in [-0.15, -0.1) is 0 Å². The van der Waals surface area contributed by atoms with Crippen LogP contribution >= 0.6 is 0 Å². The number of rotatable bonds is 8. The van der Waals surface area contributed by atoms with Gasteiger partial charge in [-0.05, 0) is 79.5 Å². The number of halogens is 4. The number of benzene rings is 3. The second kappa shape index (κ2) is 10.9. The van der Waals surface area contributed by atoms with E-state index in [4.69, 9.17) is 4.74 Å². The minimum absolute atomic E-state index is 0.0300. The molecule has 3 aromatic rings. The molecule has 0 aromatic heterocycles. The lowest BCUT2D eigenvalue weighted by molar-refractivity contribution is -0.0498. The van der Waals surface area contributed by atoms with Crippen molar-refractivity contribution in [2.75, 3.05) is 0 Å². The number of alkyl halides is 2. The molecule has 1 aliphatic carbocycles. The van der Waals surface area contributed by atoms with E-state index in [9.17, 15) is 8.78 Å². The van der Waals surface area contributed by atoms with E-state index in [1.807, 2.05) is 6.07 Å². The molecule has 2 nitrogen and oxygen atoms in total. The van der Waals surface area contributed by atoms with E-state index in [0.29, 0.717) is 5.92 Å². The molecular weight excluding hydrogens is 444 g/mol. The molecule has 180 valence electrons. The van der Waals surface area contributed by atoms with Gasteiger partial charge in [-0.1, -0.05) is 44.0 Å². The molecular formula is C28H28F4O2. The van der Waals surface area contributed by atoms with Crippen molar-refractivity contribution in [1.82, 2.24) is 0 Å².